The predicted octanol–water partition coefficient (Wildman–Crippen LogP) is -1.93. The second-order valence-electron chi connectivity index (χ2n) is 2.48. The molecule has 1 aliphatic heterocycles. The average Bonchev–Trinajstić information content (AvgIpc) is 1.99. The molecule has 5 heteroatoms. The van der Waals surface area contributed by atoms with E-state index in [0.717, 1.165) is 0 Å². The van der Waals surface area contributed by atoms with E-state index in [4.69, 9.17) is 14.9 Å². The smallest absolute Gasteiger partial charge is 0.183 e. The van der Waals surface area contributed by atoms with Crippen LogP contribution in [0.2, 0.25) is 0 Å². The molecule has 1 rings (SSSR count). The van der Waals surface area contributed by atoms with Gasteiger partial charge in [-0.15, -0.1) is 0 Å². The number of hydrogen-bond donors (Lipinski definition) is 3. The highest BCUT2D eigenvalue weighted by atomic mass is 16.6. The Balaban J connectivity index is 2.55. The van der Waals surface area contributed by atoms with Crippen LogP contribution in [-0.2, 0) is 9.47 Å². The van der Waals surface area contributed by atoms with E-state index >= 15 is 0 Å². The van der Waals surface area contributed by atoms with E-state index < -0.39 is 24.6 Å². The van der Waals surface area contributed by atoms with Crippen molar-refractivity contribution < 1.29 is 24.8 Å². The van der Waals surface area contributed by atoms with Gasteiger partial charge in [0.15, 0.2) is 6.29 Å². The van der Waals surface area contributed by atoms with Crippen molar-refractivity contribution in [1.29, 1.82) is 0 Å². The van der Waals surface area contributed by atoms with Gasteiger partial charge in [0, 0.05) is 7.11 Å². The summed E-state index contributed by atoms with van der Waals surface area (Å²) in [5.41, 5.74) is 0. The lowest BCUT2D eigenvalue weighted by atomic mass is 10.1. The molecule has 1 fully saturated rings. The van der Waals surface area contributed by atoms with Crippen molar-refractivity contribution in [2.24, 2.45) is 0 Å². The minimum absolute atomic E-state index is 0.0673. The van der Waals surface area contributed by atoms with Crippen molar-refractivity contribution in [3.05, 3.63) is 0 Å². The zero-order valence-electron chi connectivity index (χ0n) is 6.17. The highest BCUT2D eigenvalue weighted by Gasteiger charge is 2.37. The van der Waals surface area contributed by atoms with Crippen LogP contribution in [0, 0.1) is 0 Å². The Morgan fingerprint density at radius 1 is 1.36 bits per heavy atom. The van der Waals surface area contributed by atoms with Crippen LogP contribution >= 0.6 is 0 Å². The van der Waals surface area contributed by atoms with Gasteiger partial charge in [0.1, 0.15) is 18.3 Å². The second-order valence-corrected chi connectivity index (χ2v) is 2.48. The summed E-state index contributed by atoms with van der Waals surface area (Å²) >= 11 is 0. The van der Waals surface area contributed by atoms with E-state index in [-0.39, 0.29) is 6.61 Å². The minimum atomic E-state index is -1.15. The maximum atomic E-state index is 9.19. The van der Waals surface area contributed by atoms with Crippen molar-refractivity contribution in [2.45, 2.75) is 24.6 Å². The van der Waals surface area contributed by atoms with E-state index in [1.165, 1.54) is 7.11 Å². The molecule has 3 N–H and O–H groups in total. The summed E-state index contributed by atoms with van der Waals surface area (Å²) in [6.07, 6.45) is -4.08. The van der Waals surface area contributed by atoms with Crippen molar-refractivity contribution in [3.8, 4) is 0 Å². The average molecular weight is 164 g/mol. The normalized spacial score (nSPS) is 45.8. The molecular formula is C6H12O5. The van der Waals surface area contributed by atoms with Gasteiger partial charge in [0.2, 0.25) is 0 Å². The molecule has 2 unspecified atom stereocenters. The summed E-state index contributed by atoms with van der Waals surface area (Å²) in [6, 6.07) is 0. The largest absolute Gasteiger partial charge is 0.388 e. The second kappa shape index (κ2) is 3.46. The van der Waals surface area contributed by atoms with Crippen molar-refractivity contribution in [2.75, 3.05) is 13.7 Å². The van der Waals surface area contributed by atoms with E-state index in [0.29, 0.717) is 0 Å². The fourth-order valence-corrected chi connectivity index (χ4v) is 1.03. The Morgan fingerprint density at radius 3 is 2.45 bits per heavy atom. The first kappa shape index (κ1) is 8.89. The first-order valence-corrected chi connectivity index (χ1v) is 3.35. The molecule has 0 bridgehead atoms. The van der Waals surface area contributed by atoms with Gasteiger partial charge in [-0.3, -0.25) is 0 Å². The summed E-state index contributed by atoms with van der Waals surface area (Å²) in [7, 11) is 1.33. The molecule has 0 aromatic carbocycles. The summed E-state index contributed by atoms with van der Waals surface area (Å²) in [6.45, 7) is -0.0673. The lowest BCUT2D eigenvalue weighted by Crippen LogP contribution is -2.53. The fourth-order valence-electron chi connectivity index (χ4n) is 1.03. The van der Waals surface area contributed by atoms with Crippen LogP contribution in [0.3, 0.4) is 0 Å². The zero-order chi connectivity index (χ0) is 8.43. The quantitative estimate of drug-likeness (QED) is 0.420. The van der Waals surface area contributed by atoms with E-state index in [1.54, 1.807) is 0 Å². The number of hydrogen-bond acceptors (Lipinski definition) is 5. The number of aliphatic hydroxyl groups is 3. The molecule has 11 heavy (non-hydrogen) atoms. The molecule has 0 aliphatic carbocycles. The van der Waals surface area contributed by atoms with Gasteiger partial charge in [-0.05, 0) is 0 Å². The third-order valence-electron chi connectivity index (χ3n) is 1.72. The Labute approximate surface area is 64.2 Å². The standard InChI is InChI=1S/C6H12O5/c1-10-5-4(8)3(7)2-11-6(5)9/h3-9H,2H2,1H3/t3-,4?,5?,6-/m0/s1. The number of methoxy groups -OCH3 is 1. The fraction of sp³-hybridized carbons (Fsp3) is 1.00. The van der Waals surface area contributed by atoms with Crippen LogP contribution in [0.25, 0.3) is 0 Å². The van der Waals surface area contributed by atoms with E-state index in [2.05, 4.69) is 4.74 Å². The molecule has 0 aromatic heterocycles. The Hall–Kier alpha value is -0.200. The summed E-state index contributed by atoms with van der Waals surface area (Å²) in [4.78, 5) is 0. The molecule has 0 amide bonds. The van der Waals surface area contributed by atoms with Gasteiger partial charge in [-0.25, -0.2) is 0 Å². The van der Waals surface area contributed by atoms with Gasteiger partial charge < -0.3 is 24.8 Å². The maximum absolute atomic E-state index is 9.19. The molecule has 66 valence electrons. The summed E-state index contributed by atoms with van der Waals surface area (Å²) in [5.74, 6) is 0. The topological polar surface area (TPSA) is 79.2 Å². The molecular weight excluding hydrogens is 152 g/mol. The Bertz CT molecular complexity index is 128. The molecule has 0 aromatic rings. The van der Waals surface area contributed by atoms with Gasteiger partial charge in [-0.1, -0.05) is 0 Å². The molecule has 5 nitrogen and oxygen atoms in total. The molecule has 0 saturated carbocycles. The lowest BCUT2D eigenvalue weighted by molar-refractivity contribution is -0.258. The number of ether oxygens (including phenoxy) is 2. The monoisotopic (exact) mass is 164 g/mol. The van der Waals surface area contributed by atoms with Gasteiger partial charge in [-0.2, -0.15) is 0 Å². The molecule has 1 aliphatic rings. The number of aliphatic hydroxyl groups excluding tert-OH is 3. The minimum Gasteiger partial charge on any atom is -0.388 e. The van der Waals surface area contributed by atoms with Crippen LogP contribution in [0.15, 0.2) is 0 Å². The Kier molecular flexibility index (Phi) is 2.80. The maximum Gasteiger partial charge on any atom is 0.183 e. The molecule has 0 spiro atoms. The van der Waals surface area contributed by atoms with Crippen LogP contribution in [0.4, 0.5) is 0 Å². The first-order valence-electron chi connectivity index (χ1n) is 3.35. The first-order chi connectivity index (χ1) is 5.16. The van der Waals surface area contributed by atoms with E-state index in [1.807, 2.05) is 0 Å². The summed E-state index contributed by atoms with van der Waals surface area (Å²) in [5, 5.41) is 27.3. The lowest BCUT2D eigenvalue weighted by Gasteiger charge is -2.34. The van der Waals surface area contributed by atoms with Gasteiger partial charge >= 0.3 is 0 Å². The van der Waals surface area contributed by atoms with Crippen molar-refractivity contribution >= 4 is 0 Å². The van der Waals surface area contributed by atoms with Crippen LogP contribution in [0.1, 0.15) is 0 Å². The zero-order valence-corrected chi connectivity index (χ0v) is 6.17. The van der Waals surface area contributed by atoms with Gasteiger partial charge in [0.05, 0.1) is 6.61 Å². The third kappa shape index (κ3) is 1.69. The predicted molar refractivity (Wildman–Crippen MR) is 34.8 cm³/mol. The molecule has 1 saturated heterocycles. The van der Waals surface area contributed by atoms with E-state index in [9.17, 15) is 5.11 Å². The SMILES string of the molecule is COC1C(O)[C@@H](O)CO[C@@H]1O. The third-order valence-corrected chi connectivity index (χ3v) is 1.72. The highest BCUT2D eigenvalue weighted by molar-refractivity contribution is 4.82. The van der Waals surface area contributed by atoms with Crippen molar-refractivity contribution in [1.82, 2.24) is 0 Å². The highest BCUT2D eigenvalue weighted by Crippen LogP contribution is 2.15. The summed E-state index contributed by atoms with van der Waals surface area (Å²) < 4.78 is 9.39. The van der Waals surface area contributed by atoms with Gasteiger partial charge in [0.25, 0.3) is 0 Å². The van der Waals surface area contributed by atoms with Crippen LogP contribution in [-0.4, -0.2) is 53.6 Å². The van der Waals surface area contributed by atoms with Crippen molar-refractivity contribution in [3.63, 3.8) is 0 Å². The molecule has 4 atom stereocenters. The molecule has 0 radical (unpaired) electrons. The number of rotatable bonds is 1. The molecule has 1 heterocycles. The van der Waals surface area contributed by atoms with Crippen LogP contribution < -0.4 is 0 Å². The van der Waals surface area contributed by atoms with Crippen LogP contribution in [0.5, 0.6) is 0 Å². The Morgan fingerprint density at radius 2 is 2.00 bits per heavy atom.